The van der Waals surface area contributed by atoms with Crippen LogP contribution < -0.4 is 5.73 Å². The van der Waals surface area contributed by atoms with Crippen LogP contribution in [0.2, 0.25) is 0 Å². The second-order valence-corrected chi connectivity index (χ2v) is 6.87. The van der Waals surface area contributed by atoms with E-state index in [4.69, 9.17) is 5.73 Å². The Kier molecular flexibility index (Phi) is 4.57. The Hall–Kier alpha value is -0.970. The molecule has 0 bridgehead atoms. The van der Waals surface area contributed by atoms with E-state index in [-0.39, 0.29) is 0 Å². The summed E-state index contributed by atoms with van der Waals surface area (Å²) in [5.74, 6) is 0.643. The maximum Gasteiger partial charge on any atom is 0.0758 e. The van der Waals surface area contributed by atoms with E-state index in [0.29, 0.717) is 12.0 Å². The first-order chi connectivity index (χ1) is 10.2. The van der Waals surface area contributed by atoms with Crippen LogP contribution in [0.5, 0.6) is 0 Å². The van der Waals surface area contributed by atoms with Gasteiger partial charge in [0, 0.05) is 28.6 Å². The molecule has 2 atom stereocenters. The molecule has 21 heavy (non-hydrogen) atoms. The van der Waals surface area contributed by atoms with Crippen LogP contribution in [0.15, 0.2) is 34.9 Å². The molecule has 1 heterocycles. The molecule has 0 spiro atoms. The summed E-state index contributed by atoms with van der Waals surface area (Å²) in [6.45, 7) is 1.73. The van der Waals surface area contributed by atoms with Gasteiger partial charge in [-0.1, -0.05) is 34.5 Å². The van der Waals surface area contributed by atoms with Crippen LogP contribution in [0.3, 0.4) is 0 Å². The highest BCUT2D eigenvalue weighted by atomic mass is 79.9. The highest BCUT2D eigenvalue weighted by molar-refractivity contribution is 9.10. The van der Waals surface area contributed by atoms with Crippen molar-refractivity contribution in [1.82, 2.24) is 9.88 Å². The van der Waals surface area contributed by atoms with Crippen molar-refractivity contribution in [1.29, 1.82) is 0 Å². The molecule has 1 aromatic heterocycles. The summed E-state index contributed by atoms with van der Waals surface area (Å²) in [7, 11) is 2.22. The van der Waals surface area contributed by atoms with Gasteiger partial charge in [-0.15, -0.1) is 0 Å². The van der Waals surface area contributed by atoms with Gasteiger partial charge in [0.2, 0.25) is 0 Å². The first-order valence-electron chi connectivity index (χ1n) is 7.63. The molecule has 1 aliphatic rings. The lowest BCUT2D eigenvalue weighted by molar-refractivity contribution is 0.193. The van der Waals surface area contributed by atoms with Gasteiger partial charge in [0.25, 0.3) is 0 Å². The largest absolute Gasteiger partial charge is 0.330 e. The van der Waals surface area contributed by atoms with E-state index in [2.05, 4.69) is 51.1 Å². The zero-order valence-electron chi connectivity index (χ0n) is 12.4. The number of halogens is 1. The summed E-state index contributed by atoms with van der Waals surface area (Å²) in [4.78, 5) is 7.04. The normalized spacial score (nSPS) is 22.3. The average Bonchev–Trinajstić information content (AvgIpc) is 2.99. The smallest absolute Gasteiger partial charge is 0.0758 e. The number of benzene rings is 1. The van der Waals surface area contributed by atoms with Crippen molar-refractivity contribution in [2.45, 2.75) is 31.8 Å². The van der Waals surface area contributed by atoms with Gasteiger partial charge in [-0.3, -0.25) is 9.88 Å². The van der Waals surface area contributed by atoms with Crippen molar-refractivity contribution >= 4 is 26.8 Å². The third-order valence-electron chi connectivity index (χ3n) is 4.71. The maximum atomic E-state index is 5.92. The molecule has 4 heteroatoms. The van der Waals surface area contributed by atoms with E-state index >= 15 is 0 Å². The molecule has 1 aliphatic carbocycles. The Balaban J connectivity index is 1.86. The van der Waals surface area contributed by atoms with E-state index in [9.17, 15) is 0 Å². The second kappa shape index (κ2) is 6.42. The van der Waals surface area contributed by atoms with Crippen molar-refractivity contribution in [3.05, 3.63) is 40.5 Å². The van der Waals surface area contributed by atoms with Crippen LogP contribution in [-0.2, 0) is 6.54 Å². The Morgan fingerprint density at radius 3 is 3.00 bits per heavy atom. The van der Waals surface area contributed by atoms with Gasteiger partial charge in [-0.2, -0.15) is 0 Å². The molecule has 0 aliphatic heterocycles. The van der Waals surface area contributed by atoms with Gasteiger partial charge in [0.15, 0.2) is 0 Å². The van der Waals surface area contributed by atoms with Gasteiger partial charge < -0.3 is 5.73 Å². The maximum absolute atomic E-state index is 5.92. The number of hydrogen-bond donors (Lipinski definition) is 1. The van der Waals surface area contributed by atoms with Crippen LogP contribution in [-0.4, -0.2) is 29.5 Å². The molecule has 1 aromatic carbocycles. The minimum atomic E-state index is 0.609. The third kappa shape index (κ3) is 2.98. The molecule has 1 saturated carbocycles. The van der Waals surface area contributed by atoms with Crippen LogP contribution >= 0.6 is 15.9 Å². The summed E-state index contributed by atoms with van der Waals surface area (Å²) in [6.07, 6.45) is 5.71. The molecule has 112 valence electrons. The first-order valence-corrected chi connectivity index (χ1v) is 8.42. The number of fused-ring (bicyclic) bond motifs is 1. The number of nitrogens with two attached hydrogens (primary N) is 1. The average molecular weight is 348 g/mol. The molecule has 2 N–H and O–H groups in total. The Labute approximate surface area is 134 Å². The molecular weight excluding hydrogens is 326 g/mol. The highest BCUT2D eigenvalue weighted by Gasteiger charge is 2.29. The summed E-state index contributed by atoms with van der Waals surface area (Å²) in [6, 6.07) is 9.03. The van der Waals surface area contributed by atoms with Gasteiger partial charge in [0.1, 0.15) is 0 Å². The molecule has 2 aromatic rings. The van der Waals surface area contributed by atoms with E-state index in [1.807, 2.05) is 12.3 Å². The van der Waals surface area contributed by atoms with Gasteiger partial charge >= 0.3 is 0 Å². The van der Waals surface area contributed by atoms with E-state index in [1.165, 1.54) is 30.2 Å². The molecule has 0 radical (unpaired) electrons. The van der Waals surface area contributed by atoms with Crippen molar-refractivity contribution < 1.29 is 0 Å². The molecular formula is C17H22BrN3. The number of pyridine rings is 1. The van der Waals surface area contributed by atoms with E-state index < -0.39 is 0 Å². The van der Waals surface area contributed by atoms with Gasteiger partial charge in [-0.25, -0.2) is 0 Å². The van der Waals surface area contributed by atoms with Crippen LogP contribution in [0.1, 0.15) is 24.8 Å². The highest BCUT2D eigenvalue weighted by Crippen LogP contribution is 2.31. The van der Waals surface area contributed by atoms with Crippen molar-refractivity contribution in [2.24, 2.45) is 11.7 Å². The molecule has 1 fully saturated rings. The van der Waals surface area contributed by atoms with Crippen molar-refractivity contribution in [2.75, 3.05) is 13.6 Å². The minimum Gasteiger partial charge on any atom is -0.330 e. The predicted octanol–water partition coefficient (Wildman–Crippen LogP) is 3.56. The van der Waals surface area contributed by atoms with Crippen LogP contribution in [0.4, 0.5) is 0 Å². The first kappa shape index (κ1) is 14.9. The molecule has 0 amide bonds. The summed E-state index contributed by atoms with van der Waals surface area (Å²) < 4.78 is 1.11. The Morgan fingerprint density at radius 1 is 1.33 bits per heavy atom. The fourth-order valence-corrected chi connectivity index (χ4v) is 4.03. The van der Waals surface area contributed by atoms with Crippen LogP contribution in [0, 0.1) is 5.92 Å². The topological polar surface area (TPSA) is 42.2 Å². The lowest BCUT2D eigenvalue weighted by Crippen LogP contribution is -2.37. The van der Waals surface area contributed by atoms with Crippen LogP contribution in [0.25, 0.3) is 10.9 Å². The Bertz CT molecular complexity index is 628. The lowest BCUT2D eigenvalue weighted by atomic mass is 10.0. The van der Waals surface area contributed by atoms with Crippen molar-refractivity contribution in [3.8, 4) is 0 Å². The SMILES string of the molecule is CN(Cc1ccc(Br)c2cccnc12)C1CCCC1CN. The molecule has 3 rings (SSSR count). The summed E-state index contributed by atoms with van der Waals surface area (Å²) in [5.41, 5.74) is 8.31. The lowest BCUT2D eigenvalue weighted by Gasteiger charge is -2.29. The number of hydrogen-bond acceptors (Lipinski definition) is 3. The second-order valence-electron chi connectivity index (χ2n) is 6.02. The third-order valence-corrected chi connectivity index (χ3v) is 5.40. The fourth-order valence-electron chi connectivity index (χ4n) is 3.58. The molecule has 2 unspecified atom stereocenters. The molecule has 3 nitrogen and oxygen atoms in total. The molecule has 0 saturated heterocycles. The van der Waals surface area contributed by atoms with Crippen molar-refractivity contribution in [3.63, 3.8) is 0 Å². The number of aromatic nitrogens is 1. The quantitative estimate of drug-likeness (QED) is 0.919. The minimum absolute atomic E-state index is 0.609. The zero-order valence-corrected chi connectivity index (χ0v) is 14.0. The Morgan fingerprint density at radius 2 is 2.19 bits per heavy atom. The summed E-state index contributed by atoms with van der Waals surface area (Å²) in [5, 5.41) is 1.19. The zero-order chi connectivity index (χ0) is 14.8. The van der Waals surface area contributed by atoms with E-state index in [0.717, 1.165) is 23.1 Å². The van der Waals surface area contributed by atoms with Gasteiger partial charge in [-0.05, 0) is 50.0 Å². The van der Waals surface area contributed by atoms with Gasteiger partial charge in [0.05, 0.1) is 5.52 Å². The monoisotopic (exact) mass is 347 g/mol. The number of nitrogens with zero attached hydrogens (tertiary/aromatic N) is 2. The predicted molar refractivity (Wildman–Crippen MR) is 91.1 cm³/mol. The standard InChI is InChI=1S/C17H22BrN3/c1-21(16-6-2-4-12(16)10-19)11-13-7-8-15(18)14-5-3-9-20-17(13)14/h3,5,7-9,12,16H,2,4,6,10-11,19H2,1H3. The number of rotatable bonds is 4. The summed E-state index contributed by atoms with van der Waals surface area (Å²) >= 11 is 3.61. The fraction of sp³-hybridized carbons (Fsp3) is 0.471. The van der Waals surface area contributed by atoms with E-state index in [1.54, 1.807) is 0 Å².